The number of fused-ring (bicyclic) bond motifs is 1. The van der Waals surface area contributed by atoms with Crippen molar-refractivity contribution < 1.29 is 18.7 Å². The first kappa shape index (κ1) is 16.6. The highest BCUT2D eigenvalue weighted by Gasteiger charge is 2.36. The zero-order valence-corrected chi connectivity index (χ0v) is 14.2. The number of para-hydroxylation sites is 2. The average molecular weight is 354 g/mol. The Kier molecular flexibility index (Phi) is 4.32. The van der Waals surface area contributed by atoms with Crippen LogP contribution in [0.4, 0.5) is 10.1 Å². The monoisotopic (exact) mass is 354 g/mol. The molecule has 2 aliphatic rings. The van der Waals surface area contributed by atoms with Crippen molar-refractivity contribution in [3.8, 4) is 5.75 Å². The number of amides is 2. The highest BCUT2D eigenvalue weighted by Crippen LogP contribution is 2.28. The van der Waals surface area contributed by atoms with Crippen molar-refractivity contribution in [1.82, 2.24) is 5.32 Å². The number of nitrogens with zero attached hydrogens (tertiary/aromatic N) is 1. The first-order valence-corrected chi connectivity index (χ1v) is 8.70. The van der Waals surface area contributed by atoms with E-state index in [1.165, 1.54) is 11.0 Å². The van der Waals surface area contributed by atoms with E-state index in [4.69, 9.17) is 4.74 Å². The van der Waals surface area contributed by atoms with Gasteiger partial charge in [-0.3, -0.25) is 9.59 Å². The standard InChI is InChI=1S/C20H19FN2O3/c21-15-6-2-3-7-17(15)23-10-9-16(20(23)25)22-19(24)14-11-13-5-1-4-8-18(13)26-12-14/h1-8,14,16H,9-12H2,(H,22,24). The molecule has 0 aliphatic carbocycles. The Morgan fingerprint density at radius 2 is 1.92 bits per heavy atom. The van der Waals surface area contributed by atoms with Gasteiger partial charge in [-0.15, -0.1) is 0 Å². The van der Waals surface area contributed by atoms with E-state index < -0.39 is 11.9 Å². The number of ether oxygens (including phenoxy) is 1. The number of hydrogen-bond donors (Lipinski definition) is 1. The maximum Gasteiger partial charge on any atom is 0.249 e. The zero-order chi connectivity index (χ0) is 18.1. The molecule has 2 atom stereocenters. The van der Waals surface area contributed by atoms with Gasteiger partial charge in [0.05, 0.1) is 11.6 Å². The molecule has 134 valence electrons. The normalized spacial score (nSPS) is 21.9. The summed E-state index contributed by atoms with van der Waals surface area (Å²) in [7, 11) is 0. The first-order valence-electron chi connectivity index (χ1n) is 8.70. The Labute approximate surface area is 150 Å². The summed E-state index contributed by atoms with van der Waals surface area (Å²) < 4.78 is 19.6. The van der Waals surface area contributed by atoms with E-state index in [9.17, 15) is 14.0 Å². The number of carbonyl (C=O) groups is 2. The lowest BCUT2D eigenvalue weighted by Gasteiger charge is -2.25. The average Bonchev–Trinajstić information content (AvgIpc) is 3.02. The van der Waals surface area contributed by atoms with Crippen molar-refractivity contribution in [1.29, 1.82) is 0 Å². The number of hydrogen-bond acceptors (Lipinski definition) is 3. The van der Waals surface area contributed by atoms with Crippen molar-refractivity contribution in [2.45, 2.75) is 18.9 Å². The molecule has 2 aromatic rings. The molecule has 5 nitrogen and oxygen atoms in total. The molecular weight excluding hydrogens is 335 g/mol. The quantitative estimate of drug-likeness (QED) is 0.920. The topological polar surface area (TPSA) is 58.6 Å². The Morgan fingerprint density at radius 1 is 1.15 bits per heavy atom. The highest BCUT2D eigenvalue weighted by atomic mass is 19.1. The Morgan fingerprint density at radius 3 is 2.77 bits per heavy atom. The van der Waals surface area contributed by atoms with Crippen LogP contribution in [0.3, 0.4) is 0 Å². The molecule has 6 heteroatoms. The molecule has 2 unspecified atom stereocenters. The van der Waals surface area contributed by atoms with Crippen molar-refractivity contribution >= 4 is 17.5 Å². The lowest BCUT2D eigenvalue weighted by molar-refractivity contribution is -0.130. The van der Waals surface area contributed by atoms with Crippen LogP contribution in [0.2, 0.25) is 0 Å². The van der Waals surface area contributed by atoms with Gasteiger partial charge >= 0.3 is 0 Å². The number of halogens is 1. The summed E-state index contributed by atoms with van der Waals surface area (Å²) in [6.07, 6.45) is 1.04. The molecule has 2 aliphatic heterocycles. The third kappa shape index (κ3) is 3.03. The lowest BCUT2D eigenvalue weighted by Crippen LogP contribution is -2.46. The number of rotatable bonds is 3. The fraction of sp³-hybridized carbons (Fsp3) is 0.300. The van der Waals surface area contributed by atoms with Crippen LogP contribution in [-0.4, -0.2) is 31.0 Å². The van der Waals surface area contributed by atoms with Gasteiger partial charge in [0, 0.05) is 6.54 Å². The maximum atomic E-state index is 13.9. The van der Waals surface area contributed by atoms with E-state index in [0.29, 0.717) is 26.0 Å². The minimum absolute atomic E-state index is 0.201. The second kappa shape index (κ2) is 6.78. The van der Waals surface area contributed by atoms with Crippen LogP contribution in [0.1, 0.15) is 12.0 Å². The van der Waals surface area contributed by atoms with E-state index >= 15 is 0 Å². The molecule has 0 radical (unpaired) electrons. The molecule has 4 rings (SSSR count). The van der Waals surface area contributed by atoms with Gasteiger partial charge in [-0.2, -0.15) is 0 Å². The second-order valence-electron chi connectivity index (χ2n) is 6.61. The maximum absolute atomic E-state index is 13.9. The molecule has 2 amide bonds. The molecule has 1 fully saturated rings. The summed E-state index contributed by atoms with van der Waals surface area (Å²) in [6, 6.07) is 13.2. The van der Waals surface area contributed by atoms with Crippen LogP contribution in [0.25, 0.3) is 0 Å². The Balaban J connectivity index is 1.41. The van der Waals surface area contributed by atoms with Gasteiger partial charge in [0.25, 0.3) is 0 Å². The Bertz CT molecular complexity index is 854. The number of anilines is 1. The van der Waals surface area contributed by atoms with Crippen LogP contribution in [0.15, 0.2) is 48.5 Å². The van der Waals surface area contributed by atoms with Crippen LogP contribution in [0, 0.1) is 11.7 Å². The van der Waals surface area contributed by atoms with Gasteiger partial charge in [-0.25, -0.2) is 4.39 Å². The van der Waals surface area contributed by atoms with Crippen LogP contribution < -0.4 is 15.0 Å². The molecule has 1 N–H and O–H groups in total. The van der Waals surface area contributed by atoms with E-state index in [0.717, 1.165) is 11.3 Å². The van der Waals surface area contributed by atoms with Crippen molar-refractivity contribution in [2.24, 2.45) is 5.92 Å². The smallest absolute Gasteiger partial charge is 0.249 e. The van der Waals surface area contributed by atoms with E-state index in [2.05, 4.69) is 5.32 Å². The first-order chi connectivity index (χ1) is 12.6. The van der Waals surface area contributed by atoms with Gasteiger partial charge in [-0.1, -0.05) is 30.3 Å². The van der Waals surface area contributed by atoms with Gasteiger partial charge in [0.1, 0.15) is 24.2 Å². The molecule has 0 aromatic heterocycles. The molecule has 0 spiro atoms. The summed E-state index contributed by atoms with van der Waals surface area (Å²) in [5.74, 6) is -0.446. The number of carbonyl (C=O) groups excluding carboxylic acids is 2. The summed E-state index contributed by atoms with van der Waals surface area (Å²) in [5.41, 5.74) is 1.24. The predicted molar refractivity (Wildman–Crippen MR) is 94.4 cm³/mol. The van der Waals surface area contributed by atoms with Crippen LogP contribution in [-0.2, 0) is 16.0 Å². The largest absolute Gasteiger partial charge is 0.492 e. The Hall–Kier alpha value is -2.89. The SMILES string of the molecule is O=C(NC1CCN(c2ccccc2F)C1=O)C1COc2ccccc2C1. The molecule has 1 saturated heterocycles. The third-order valence-corrected chi connectivity index (χ3v) is 4.91. The molecule has 2 aromatic carbocycles. The minimum atomic E-state index is -0.626. The van der Waals surface area contributed by atoms with Crippen molar-refractivity contribution in [2.75, 3.05) is 18.1 Å². The van der Waals surface area contributed by atoms with Crippen molar-refractivity contribution in [3.05, 3.63) is 59.9 Å². The third-order valence-electron chi connectivity index (χ3n) is 4.91. The van der Waals surface area contributed by atoms with Crippen molar-refractivity contribution in [3.63, 3.8) is 0 Å². The minimum Gasteiger partial charge on any atom is -0.492 e. The highest BCUT2D eigenvalue weighted by molar-refractivity contribution is 6.01. The predicted octanol–water partition coefficient (Wildman–Crippen LogP) is 2.30. The van der Waals surface area contributed by atoms with E-state index in [1.54, 1.807) is 18.2 Å². The molecule has 26 heavy (non-hydrogen) atoms. The molecule has 0 saturated carbocycles. The second-order valence-corrected chi connectivity index (χ2v) is 6.61. The van der Waals surface area contributed by atoms with Gasteiger partial charge in [0.2, 0.25) is 11.8 Å². The molecule has 0 bridgehead atoms. The number of benzene rings is 2. The summed E-state index contributed by atoms with van der Waals surface area (Å²) in [4.78, 5) is 26.6. The summed E-state index contributed by atoms with van der Waals surface area (Å²) in [6.45, 7) is 0.676. The summed E-state index contributed by atoms with van der Waals surface area (Å²) >= 11 is 0. The van der Waals surface area contributed by atoms with Crippen LogP contribution in [0.5, 0.6) is 5.75 Å². The fourth-order valence-electron chi connectivity index (χ4n) is 3.51. The van der Waals surface area contributed by atoms with Gasteiger partial charge in [-0.05, 0) is 36.6 Å². The van der Waals surface area contributed by atoms with Crippen LogP contribution >= 0.6 is 0 Å². The van der Waals surface area contributed by atoms with Gasteiger partial charge < -0.3 is 15.0 Å². The summed E-state index contributed by atoms with van der Waals surface area (Å²) in [5, 5.41) is 2.82. The number of nitrogens with one attached hydrogen (secondary N) is 1. The zero-order valence-electron chi connectivity index (χ0n) is 14.2. The lowest BCUT2D eigenvalue weighted by atomic mass is 9.95. The molecule has 2 heterocycles. The fourth-order valence-corrected chi connectivity index (χ4v) is 3.51. The van der Waals surface area contributed by atoms with E-state index in [1.807, 2.05) is 24.3 Å². The molecular formula is C20H19FN2O3. The van der Waals surface area contributed by atoms with Gasteiger partial charge in [0.15, 0.2) is 0 Å². The van der Waals surface area contributed by atoms with E-state index in [-0.39, 0.29) is 23.4 Å².